The van der Waals surface area contributed by atoms with Gasteiger partial charge < -0.3 is 14.9 Å². The van der Waals surface area contributed by atoms with Crippen molar-refractivity contribution in [3.05, 3.63) is 53.7 Å². The Morgan fingerprint density at radius 2 is 1.76 bits per heavy atom. The van der Waals surface area contributed by atoms with Crippen LogP contribution in [0.4, 0.5) is 14.6 Å². The Kier molecular flexibility index (Phi) is 5.11. The van der Waals surface area contributed by atoms with Gasteiger partial charge in [0.2, 0.25) is 5.91 Å². The minimum absolute atomic E-state index is 0.0391. The Hall–Kier alpha value is -2.70. The van der Waals surface area contributed by atoms with Gasteiger partial charge in [-0.1, -0.05) is 6.07 Å². The van der Waals surface area contributed by atoms with E-state index < -0.39 is 11.6 Å². The van der Waals surface area contributed by atoms with Gasteiger partial charge in [0.15, 0.2) is 0 Å². The van der Waals surface area contributed by atoms with Crippen LogP contribution in [0.15, 0.2) is 36.5 Å². The van der Waals surface area contributed by atoms with Crippen molar-refractivity contribution in [2.45, 2.75) is 12.8 Å². The van der Waals surface area contributed by atoms with Crippen LogP contribution >= 0.6 is 0 Å². The number of aromatic nitrogens is 1. The summed E-state index contributed by atoms with van der Waals surface area (Å²) in [5, 5.41) is 9.27. The smallest absolute Gasteiger partial charge is 0.223 e. The van der Waals surface area contributed by atoms with Gasteiger partial charge in [0, 0.05) is 38.2 Å². The van der Waals surface area contributed by atoms with Crippen LogP contribution in [0.2, 0.25) is 0 Å². The van der Waals surface area contributed by atoms with Gasteiger partial charge in [-0.2, -0.15) is 0 Å². The number of carbonyl (C=O) groups is 1. The molecule has 2 heterocycles. The number of benzene rings is 1. The minimum atomic E-state index is -0.615. The van der Waals surface area contributed by atoms with Gasteiger partial charge in [0.1, 0.15) is 23.2 Å². The van der Waals surface area contributed by atoms with Gasteiger partial charge in [-0.05, 0) is 30.7 Å². The molecule has 1 fully saturated rings. The molecular weight excluding hydrogens is 328 g/mol. The summed E-state index contributed by atoms with van der Waals surface area (Å²) >= 11 is 0. The lowest BCUT2D eigenvalue weighted by atomic mass is 10.1. The monoisotopic (exact) mass is 347 g/mol. The number of anilines is 1. The Bertz CT molecular complexity index is 724. The molecule has 0 aliphatic carbocycles. The zero-order valence-electron chi connectivity index (χ0n) is 13.7. The fraction of sp³-hybridized carbons (Fsp3) is 0.333. The fourth-order valence-electron chi connectivity index (χ4n) is 2.91. The van der Waals surface area contributed by atoms with Crippen LogP contribution in [-0.4, -0.2) is 47.1 Å². The zero-order chi connectivity index (χ0) is 17.8. The summed E-state index contributed by atoms with van der Waals surface area (Å²) < 4.78 is 27.2. The van der Waals surface area contributed by atoms with E-state index in [1.807, 2.05) is 4.90 Å². The van der Waals surface area contributed by atoms with Gasteiger partial charge in [0.25, 0.3) is 0 Å². The summed E-state index contributed by atoms with van der Waals surface area (Å²) in [7, 11) is 0. The number of pyridine rings is 1. The second-order valence-corrected chi connectivity index (χ2v) is 5.94. The summed E-state index contributed by atoms with van der Waals surface area (Å²) in [4.78, 5) is 20.2. The van der Waals surface area contributed by atoms with E-state index in [4.69, 9.17) is 0 Å². The van der Waals surface area contributed by atoms with Crippen molar-refractivity contribution in [2.24, 2.45) is 0 Å². The van der Waals surface area contributed by atoms with Crippen molar-refractivity contribution in [2.75, 3.05) is 31.1 Å². The molecule has 3 rings (SSSR count). The molecule has 1 aromatic heterocycles. The lowest BCUT2D eigenvalue weighted by Crippen LogP contribution is -2.49. The molecule has 1 aliphatic heterocycles. The number of hydrogen-bond donors (Lipinski definition) is 1. The number of carbonyl (C=O) groups excluding carboxylic acids is 1. The first-order chi connectivity index (χ1) is 12.0. The van der Waals surface area contributed by atoms with Crippen LogP contribution in [0, 0.1) is 11.6 Å². The normalized spacial score (nSPS) is 14.6. The molecule has 132 valence electrons. The maximum atomic E-state index is 13.6. The van der Waals surface area contributed by atoms with Crippen LogP contribution < -0.4 is 4.90 Å². The van der Waals surface area contributed by atoms with Gasteiger partial charge in [-0.3, -0.25) is 4.79 Å². The summed E-state index contributed by atoms with van der Waals surface area (Å²) in [5.74, 6) is -0.482. The van der Waals surface area contributed by atoms with Crippen molar-refractivity contribution in [3.8, 4) is 5.75 Å². The molecule has 0 spiro atoms. The average molecular weight is 347 g/mol. The Balaban J connectivity index is 1.52. The quantitative estimate of drug-likeness (QED) is 0.922. The van der Waals surface area contributed by atoms with Crippen molar-refractivity contribution >= 4 is 11.7 Å². The van der Waals surface area contributed by atoms with E-state index in [1.54, 1.807) is 17.0 Å². The number of rotatable bonds is 4. The van der Waals surface area contributed by atoms with Gasteiger partial charge in [0.05, 0.1) is 6.20 Å². The van der Waals surface area contributed by atoms with Crippen molar-refractivity contribution < 1.29 is 18.7 Å². The van der Waals surface area contributed by atoms with Crippen LogP contribution in [0.1, 0.15) is 12.0 Å². The summed E-state index contributed by atoms with van der Waals surface area (Å²) in [5.41, 5.74) is -0.0391. The third-order valence-corrected chi connectivity index (χ3v) is 4.34. The van der Waals surface area contributed by atoms with E-state index in [0.29, 0.717) is 26.2 Å². The second-order valence-electron chi connectivity index (χ2n) is 5.94. The number of aromatic hydroxyl groups is 1. The van der Waals surface area contributed by atoms with Crippen molar-refractivity contribution in [1.82, 2.24) is 9.88 Å². The Morgan fingerprint density at radius 1 is 1.08 bits per heavy atom. The molecule has 5 nitrogen and oxygen atoms in total. The molecule has 1 N–H and O–H groups in total. The molecule has 7 heteroatoms. The maximum Gasteiger partial charge on any atom is 0.223 e. The number of halogens is 2. The van der Waals surface area contributed by atoms with E-state index in [2.05, 4.69) is 4.98 Å². The van der Waals surface area contributed by atoms with Crippen LogP contribution in [0.5, 0.6) is 5.75 Å². The highest BCUT2D eigenvalue weighted by atomic mass is 19.1. The largest absolute Gasteiger partial charge is 0.506 e. The number of piperazine rings is 1. The van der Waals surface area contributed by atoms with E-state index in [-0.39, 0.29) is 30.1 Å². The molecule has 0 saturated carbocycles. The molecule has 2 aromatic rings. The summed E-state index contributed by atoms with van der Waals surface area (Å²) in [6, 6.07) is 7.02. The van der Waals surface area contributed by atoms with Crippen LogP contribution in [0.3, 0.4) is 0 Å². The van der Waals surface area contributed by atoms with Crippen molar-refractivity contribution in [3.63, 3.8) is 0 Å². The van der Waals surface area contributed by atoms with Gasteiger partial charge >= 0.3 is 0 Å². The average Bonchev–Trinajstić information content (AvgIpc) is 2.62. The summed E-state index contributed by atoms with van der Waals surface area (Å²) in [6.45, 7) is 2.30. The summed E-state index contributed by atoms with van der Waals surface area (Å²) in [6.07, 6.45) is 1.52. The predicted molar refractivity (Wildman–Crippen MR) is 89.4 cm³/mol. The lowest BCUT2D eigenvalue weighted by Gasteiger charge is -2.35. The third-order valence-electron chi connectivity index (χ3n) is 4.34. The first-order valence-electron chi connectivity index (χ1n) is 8.15. The topological polar surface area (TPSA) is 56.7 Å². The molecule has 1 saturated heterocycles. The zero-order valence-corrected chi connectivity index (χ0v) is 13.7. The molecule has 1 amide bonds. The van der Waals surface area contributed by atoms with Gasteiger partial charge in [-0.25, -0.2) is 13.8 Å². The van der Waals surface area contributed by atoms with Crippen molar-refractivity contribution in [1.29, 1.82) is 0 Å². The molecular formula is C18H19F2N3O2. The molecule has 0 atom stereocenters. The highest BCUT2D eigenvalue weighted by Crippen LogP contribution is 2.18. The van der Waals surface area contributed by atoms with Gasteiger partial charge in [-0.15, -0.1) is 0 Å². The first-order valence-corrected chi connectivity index (χ1v) is 8.15. The molecule has 0 unspecified atom stereocenters. The molecule has 25 heavy (non-hydrogen) atoms. The maximum absolute atomic E-state index is 13.6. The third kappa shape index (κ3) is 4.04. The van der Waals surface area contributed by atoms with Crippen LogP contribution in [-0.2, 0) is 11.2 Å². The molecule has 0 bridgehead atoms. The Morgan fingerprint density at radius 3 is 2.36 bits per heavy atom. The first kappa shape index (κ1) is 17.1. The van der Waals surface area contributed by atoms with E-state index in [1.165, 1.54) is 24.4 Å². The lowest BCUT2D eigenvalue weighted by molar-refractivity contribution is -0.131. The fourth-order valence-corrected chi connectivity index (χ4v) is 2.91. The van der Waals surface area contributed by atoms with E-state index in [0.717, 1.165) is 5.82 Å². The number of nitrogens with zero attached hydrogens (tertiary/aromatic N) is 3. The SMILES string of the molecule is O=C(CCc1c(F)cccc1F)N1CCN(c2ccc(O)cn2)CC1. The molecule has 1 aliphatic rings. The van der Waals surface area contributed by atoms with E-state index in [9.17, 15) is 18.7 Å². The standard InChI is InChI=1S/C18H19F2N3O2/c19-15-2-1-3-16(20)14(15)5-7-18(25)23-10-8-22(9-11-23)17-6-4-13(24)12-21-17/h1-4,6,12,24H,5,7-11H2. The molecule has 0 radical (unpaired) electrons. The number of hydrogen-bond acceptors (Lipinski definition) is 4. The van der Waals surface area contributed by atoms with Crippen LogP contribution in [0.25, 0.3) is 0 Å². The molecule has 1 aromatic carbocycles. The van der Waals surface area contributed by atoms with E-state index >= 15 is 0 Å². The highest BCUT2D eigenvalue weighted by Gasteiger charge is 2.22. The highest BCUT2D eigenvalue weighted by molar-refractivity contribution is 5.76. The second kappa shape index (κ2) is 7.46. The predicted octanol–water partition coefficient (Wildman–Crippen LogP) is 2.35. The Labute approximate surface area is 144 Å². The number of amides is 1. The minimum Gasteiger partial charge on any atom is -0.506 e.